The Labute approximate surface area is 203 Å². The van der Waals surface area contributed by atoms with Crippen molar-refractivity contribution in [3.63, 3.8) is 0 Å². The summed E-state index contributed by atoms with van der Waals surface area (Å²) in [5, 5.41) is 12.4. The lowest BCUT2D eigenvalue weighted by molar-refractivity contribution is -0.119. The molecule has 9 heteroatoms. The van der Waals surface area contributed by atoms with Gasteiger partial charge >= 0.3 is 0 Å². The van der Waals surface area contributed by atoms with E-state index < -0.39 is 0 Å². The lowest BCUT2D eigenvalue weighted by atomic mass is 9.95. The van der Waals surface area contributed by atoms with Crippen molar-refractivity contribution < 1.29 is 14.3 Å². The SMILES string of the molecule is C=CCn1c(SCC(=O)NC(c2ccc3c(c2)OCCCO3)C(C)C)nnc1-c1cccnc1. The molecule has 0 radical (unpaired) electrons. The third kappa shape index (κ3) is 5.59. The first-order valence-corrected chi connectivity index (χ1v) is 12.3. The second-order valence-electron chi connectivity index (χ2n) is 8.28. The lowest BCUT2D eigenvalue weighted by Crippen LogP contribution is -2.33. The van der Waals surface area contributed by atoms with Crippen LogP contribution in [0, 0.1) is 5.92 Å². The second-order valence-corrected chi connectivity index (χ2v) is 9.22. The maximum absolute atomic E-state index is 12.9. The zero-order valence-corrected chi connectivity index (χ0v) is 20.3. The van der Waals surface area contributed by atoms with Crippen LogP contribution in [0.4, 0.5) is 0 Å². The number of nitrogens with zero attached hydrogens (tertiary/aromatic N) is 4. The van der Waals surface area contributed by atoms with E-state index in [-0.39, 0.29) is 23.6 Å². The van der Waals surface area contributed by atoms with E-state index in [4.69, 9.17) is 9.47 Å². The summed E-state index contributed by atoms with van der Waals surface area (Å²) in [6, 6.07) is 9.52. The fourth-order valence-electron chi connectivity index (χ4n) is 3.75. The molecule has 178 valence electrons. The summed E-state index contributed by atoms with van der Waals surface area (Å²) in [6.07, 6.45) is 6.09. The van der Waals surface area contributed by atoms with Crippen molar-refractivity contribution in [2.24, 2.45) is 5.92 Å². The largest absolute Gasteiger partial charge is 0.490 e. The summed E-state index contributed by atoms with van der Waals surface area (Å²) in [5.41, 5.74) is 1.86. The summed E-state index contributed by atoms with van der Waals surface area (Å²) in [7, 11) is 0. The van der Waals surface area contributed by atoms with Crippen molar-refractivity contribution in [3.8, 4) is 22.9 Å². The molecule has 0 bridgehead atoms. The van der Waals surface area contributed by atoms with Gasteiger partial charge in [-0.25, -0.2) is 0 Å². The van der Waals surface area contributed by atoms with Crippen LogP contribution >= 0.6 is 11.8 Å². The van der Waals surface area contributed by atoms with Crippen LogP contribution in [-0.4, -0.2) is 44.6 Å². The number of fused-ring (bicyclic) bond motifs is 1. The molecule has 1 N–H and O–H groups in total. The third-order valence-electron chi connectivity index (χ3n) is 5.39. The Hall–Kier alpha value is -3.33. The van der Waals surface area contributed by atoms with Gasteiger partial charge in [0.2, 0.25) is 5.91 Å². The van der Waals surface area contributed by atoms with Gasteiger partial charge in [-0.15, -0.1) is 16.8 Å². The van der Waals surface area contributed by atoms with Crippen molar-refractivity contribution >= 4 is 17.7 Å². The molecule has 1 unspecified atom stereocenters. The minimum absolute atomic E-state index is 0.0770. The summed E-state index contributed by atoms with van der Waals surface area (Å²) in [6.45, 7) is 9.81. The minimum Gasteiger partial charge on any atom is -0.490 e. The van der Waals surface area contributed by atoms with Crippen LogP contribution < -0.4 is 14.8 Å². The highest BCUT2D eigenvalue weighted by atomic mass is 32.2. The molecule has 4 rings (SSSR count). The van der Waals surface area contributed by atoms with Gasteiger partial charge in [-0.3, -0.25) is 14.3 Å². The number of aromatic nitrogens is 4. The number of benzene rings is 1. The molecule has 0 saturated heterocycles. The second kappa shape index (κ2) is 11.2. The highest BCUT2D eigenvalue weighted by molar-refractivity contribution is 7.99. The number of rotatable bonds is 9. The van der Waals surface area contributed by atoms with Crippen LogP contribution in [0.3, 0.4) is 0 Å². The van der Waals surface area contributed by atoms with Crippen LogP contribution in [-0.2, 0) is 11.3 Å². The number of thioether (sulfide) groups is 1. The fraction of sp³-hybridized carbons (Fsp3) is 0.360. The van der Waals surface area contributed by atoms with Crippen LogP contribution in [0.1, 0.15) is 31.9 Å². The summed E-state index contributed by atoms with van der Waals surface area (Å²) in [4.78, 5) is 17.1. The molecular formula is C25H29N5O3S. The molecule has 3 aromatic rings. The number of hydrogen-bond acceptors (Lipinski definition) is 7. The number of allylic oxidation sites excluding steroid dienone is 1. The summed E-state index contributed by atoms with van der Waals surface area (Å²) < 4.78 is 13.5. The van der Waals surface area contributed by atoms with Gasteiger partial charge in [0, 0.05) is 30.9 Å². The first kappa shape index (κ1) is 23.8. The Bertz CT molecular complexity index is 1130. The Morgan fingerprint density at radius 3 is 2.79 bits per heavy atom. The van der Waals surface area contributed by atoms with Gasteiger partial charge in [-0.05, 0) is 35.7 Å². The molecule has 34 heavy (non-hydrogen) atoms. The van der Waals surface area contributed by atoms with Crippen molar-refractivity contribution in [1.82, 2.24) is 25.1 Å². The maximum atomic E-state index is 12.9. The number of pyridine rings is 1. The average molecular weight is 480 g/mol. The van der Waals surface area contributed by atoms with Crippen LogP contribution in [0.5, 0.6) is 11.5 Å². The van der Waals surface area contributed by atoms with E-state index in [2.05, 4.69) is 40.9 Å². The van der Waals surface area contributed by atoms with E-state index in [1.165, 1.54) is 11.8 Å². The molecule has 8 nitrogen and oxygen atoms in total. The quantitative estimate of drug-likeness (QED) is 0.362. The topological polar surface area (TPSA) is 91.2 Å². The molecule has 0 spiro atoms. The molecular weight excluding hydrogens is 450 g/mol. The molecule has 2 aromatic heterocycles. The monoisotopic (exact) mass is 479 g/mol. The predicted octanol–water partition coefficient (Wildman–Crippen LogP) is 4.29. The number of ether oxygens (including phenoxy) is 2. The molecule has 1 atom stereocenters. The van der Waals surface area contributed by atoms with Crippen LogP contribution in [0.25, 0.3) is 11.4 Å². The zero-order valence-electron chi connectivity index (χ0n) is 19.4. The van der Waals surface area contributed by atoms with Crippen LogP contribution in [0.2, 0.25) is 0 Å². The van der Waals surface area contributed by atoms with Crippen LogP contribution in [0.15, 0.2) is 60.5 Å². The van der Waals surface area contributed by atoms with Crippen molar-refractivity contribution in [2.75, 3.05) is 19.0 Å². The molecule has 0 aliphatic carbocycles. The van der Waals surface area contributed by atoms with E-state index >= 15 is 0 Å². The number of hydrogen-bond donors (Lipinski definition) is 1. The van der Waals surface area contributed by atoms with Crippen molar-refractivity contribution in [2.45, 2.75) is 38.0 Å². The Morgan fingerprint density at radius 2 is 2.06 bits per heavy atom. The number of nitrogens with one attached hydrogen (secondary N) is 1. The average Bonchev–Trinajstić information content (AvgIpc) is 3.09. The van der Waals surface area contributed by atoms with Gasteiger partial charge in [0.15, 0.2) is 22.5 Å². The third-order valence-corrected chi connectivity index (χ3v) is 6.36. The Morgan fingerprint density at radius 1 is 1.24 bits per heavy atom. The predicted molar refractivity (Wildman–Crippen MR) is 132 cm³/mol. The number of carbonyl (C=O) groups excluding carboxylic acids is 1. The van der Waals surface area contributed by atoms with Crippen molar-refractivity contribution in [3.05, 3.63) is 60.9 Å². The molecule has 1 aliphatic heterocycles. The zero-order chi connectivity index (χ0) is 23.9. The van der Waals surface area contributed by atoms with Gasteiger partial charge in [-0.1, -0.05) is 37.8 Å². The van der Waals surface area contributed by atoms with Gasteiger partial charge in [0.25, 0.3) is 0 Å². The van der Waals surface area contributed by atoms with Gasteiger partial charge in [0.05, 0.1) is 25.0 Å². The summed E-state index contributed by atoms with van der Waals surface area (Å²) in [5.74, 6) is 2.51. The number of carbonyl (C=O) groups is 1. The normalized spacial score (nSPS) is 13.9. The fourth-order valence-corrected chi connectivity index (χ4v) is 4.51. The first-order chi connectivity index (χ1) is 16.6. The minimum atomic E-state index is -0.151. The van der Waals surface area contributed by atoms with E-state index in [0.717, 1.165) is 29.0 Å². The van der Waals surface area contributed by atoms with Gasteiger partial charge < -0.3 is 14.8 Å². The highest BCUT2D eigenvalue weighted by Gasteiger charge is 2.22. The standard InChI is InChI=1S/C25H29N5O3S/c1-4-11-30-24(19-7-5-10-26-15-19)28-29-25(30)34-16-22(31)27-23(17(2)3)18-8-9-20-21(14-18)33-13-6-12-32-20/h4-5,7-10,14-15,17,23H,1,6,11-13,16H2,2-3H3,(H,27,31). The molecule has 0 saturated carbocycles. The maximum Gasteiger partial charge on any atom is 0.230 e. The van der Waals surface area contributed by atoms with E-state index in [1.54, 1.807) is 18.5 Å². The van der Waals surface area contributed by atoms with E-state index in [1.807, 2.05) is 34.9 Å². The smallest absolute Gasteiger partial charge is 0.230 e. The van der Waals surface area contributed by atoms with E-state index in [9.17, 15) is 4.79 Å². The van der Waals surface area contributed by atoms with Gasteiger partial charge in [-0.2, -0.15) is 0 Å². The van der Waals surface area contributed by atoms with E-state index in [0.29, 0.717) is 30.7 Å². The Balaban J connectivity index is 1.45. The summed E-state index contributed by atoms with van der Waals surface area (Å²) >= 11 is 1.35. The Kier molecular flexibility index (Phi) is 7.84. The molecule has 0 fully saturated rings. The molecule has 3 heterocycles. The molecule has 1 aliphatic rings. The van der Waals surface area contributed by atoms with Crippen molar-refractivity contribution in [1.29, 1.82) is 0 Å². The lowest BCUT2D eigenvalue weighted by Gasteiger charge is -2.24. The molecule has 1 aromatic carbocycles. The number of amides is 1. The van der Waals surface area contributed by atoms with Gasteiger partial charge in [0.1, 0.15) is 0 Å². The highest BCUT2D eigenvalue weighted by Crippen LogP contribution is 2.34. The molecule has 1 amide bonds. The first-order valence-electron chi connectivity index (χ1n) is 11.3.